The second-order valence-corrected chi connectivity index (χ2v) is 7.97. The van der Waals surface area contributed by atoms with Crippen LogP contribution in [-0.4, -0.2) is 67.2 Å². The summed E-state index contributed by atoms with van der Waals surface area (Å²) in [4.78, 5) is 28.0. The van der Waals surface area contributed by atoms with Crippen molar-refractivity contribution >= 4 is 18.1 Å². The van der Waals surface area contributed by atoms with Crippen LogP contribution in [0.25, 0.3) is 6.08 Å². The number of hydrogen-bond acceptors (Lipinski definition) is 4. The van der Waals surface area contributed by atoms with Gasteiger partial charge in [-0.25, -0.2) is 4.79 Å². The Labute approximate surface area is 160 Å². The molecule has 1 N–H and O–H groups in total. The molecular formula is C21H27N3O3. The molecule has 0 bridgehead atoms. The first-order valence-corrected chi connectivity index (χ1v) is 9.78. The summed E-state index contributed by atoms with van der Waals surface area (Å²) in [6, 6.07) is 10.2. The van der Waals surface area contributed by atoms with Gasteiger partial charge in [-0.15, -0.1) is 0 Å². The molecule has 3 aliphatic rings. The van der Waals surface area contributed by atoms with Gasteiger partial charge in [0, 0.05) is 26.1 Å². The van der Waals surface area contributed by atoms with Gasteiger partial charge < -0.3 is 15.0 Å². The Kier molecular flexibility index (Phi) is 5.16. The lowest BCUT2D eigenvalue weighted by atomic mass is 9.77. The fraction of sp³-hybridized carbons (Fsp3) is 0.524. The third-order valence-corrected chi connectivity index (χ3v) is 5.97. The van der Waals surface area contributed by atoms with E-state index in [1.54, 1.807) is 0 Å². The van der Waals surface area contributed by atoms with E-state index < -0.39 is 0 Å². The molecule has 144 valence electrons. The molecule has 1 aromatic rings. The van der Waals surface area contributed by atoms with Crippen molar-refractivity contribution in [1.29, 1.82) is 0 Å². The summed E-state index contributed by atoms with van der Waals surface area (Å²) in [6.45, 7) is 4.86. The van der Waals surface area contributed by atoms with Crippen LogP contribution in [0.1, 0.15) is 24.8 Å². The normalized spacial score (nSPS) is 25.3. The predicted molar refractivity (Wildman–Crippen MR) is 103 cm³/mol. The van der Waals surface area contributed by atoms with E-state index in [0.717, 1.165) is 44.6 Å². The number of hydrogen-bond donors (Lipinski definition) is 1. The molecule has 6 nitrogen and oxygen atoms in total. The van der Waals surface area contributed by atoms with E-state index in [1.165, 1.54) is 0 Å². The van der Waals surface area contributed by atoms with Crippen molar-refractivity contribution in [3.63, 3.8) is 0 Å². The summed E-state index contributed by atoms with van der Waals surface area (Å²) in [5.41, 5.74) is 1.29. The quantitative estimate of drug-likeness (QED) is 0.864. The number of carbonyl (C=O) groups excluding carboxylic acids is 2. The maximum Gasteiger partial charge on any atom is 0.407 e. The Morgan fingerprint density at radius 1 is 1.19 bits per heavy atom. The highest BCUT2D eigenvalue weighted by Crippen LogP contribution is 2.41. The van der Waals surface area contributed by atoms with Crippen LogP contribution in [0.5, 0.6) is 0 Å². The fourth-order valence-electron chi connectivity index (χ4n) is 4.39. The molecule has 3 fully saturated rings. The molecule has 1 spiro atoms. The van der Waals surface area contributed by atoms with Crippen molar-refractivity contribution in [3.8, 4) is 0 Å². The van der Waals surface area contributed by atoms with Crippen molar-refractivity contribution in [2.45, 2.75) is 25.4 Å². The van der Waals surface area contributed by atoms with Gasteiger partial charge in [-0.3, -0.25) is 9.69 Å². The molecular weight excluding hydrogens is 342 g/mol. The van der Waals surface area contributed by atoms with E-state index in [-0.39, 0.29) is 23.5 Å². The molecule has 0 unspecified atom stereocenters. The Morgan fingerprint density at radius 3 is 2.67 bits per heavy atom. The number of benzene rings is 1. The van der Waals surface area contributed by atoms with E-state index in [4.69, 9.17) is 4.74 Å². The number of carbonyl (C=O) groups is 2. The van der Waals surface area contributed by atoms with Crippen LogP contribution < -0.4 is 5.32 Å². The number of alkyl carbamates (subject to hydrolysis) is 1. The number of nitrogens with one attached hydrogen (secondary N) is 1. The monoisotopic (exact) mass is 369 g/mol. The second kappa shape index (κ2) is 7.72. The van der Waals surface area contributed by atoms with Crippen molar-refractivity contribution in [2.75, 3.05) is 39.3 Å². The van der Waals surface area contributed by atoms with E-state index in [2.05, 4.69) is 34.5 Å². The molecule has 0 aliphatic carbocycles. The van der Waals surface area contributed by atoms with E-state index in [0.29, 0.717) is 19.5 Å². The van der Waals surface area contributed by atoms with Crippen LogP contribution in [-0.2, 0) is 9.53 Å². The first-order valence-electron chi connectivity index (χ1n) is 9.78. The zero-order valence-electron chi connectivity index (χ0n) is 15.6. The zero-order chi connectivity index (χ0) is 18.7. The molecule has 1 aromatic carbocycles. The molecule has 0 radical (unpaired) electrons. The van der Waals surface area contributed by atoms with Gasteiger partial charge in [-0.1, -0.05) is 42.5 Å². The maximum atomic E-state index is 12.5. The Hall–Kier alpha value is -2.34. The largest absolute Gasteiger partial charge is 0.443 e. The summed E-state index contributed by atoms with van der Waals surface area (Å²) in [5, 5.41) is 2.71. The lowest BCUT2D eigenvalue weighted by molar-refractivity contribution is -0.127. The number of rotatable bonds is 5. The van der Waals surface area contributed by atoms with Crippen LogP contribution >= 0.6 is 0 Å². The van der Waals surface area contributed by atoms with Crippen molar-refractivity contribution in [1.82, 2.24) is 15.1 Å². The standard InChI is InChI=1S/C21H27N3O3/c25-19-13-21(16-24(19)10-4-7-17-5-2-1-3-6-17)8-11-23(12-9-21)15-18-14-22-20(26)27-18/h1-7,18H,8-16H2,(H,22,26)/b7-4+/t18-/m1/s1. The van der Waals surface area contributed by atoms with E-state index in [9.17, 15) is 9.59 Å². The average molecular weight is 369 g/mol. The minimum absolute atomic E-state index is 0.0450. The van der Waals surface area contributed by atoms with E-state index in [1.807, 2.05) is 23.1 Å². The molecule has 1 atom stereocenters. The fourth-order valence-corrected chi connectivity index (χ4v) is 4.39. The topological polar surface area (TPSA) is 61.9 Å². The van der Waals surface area contributed by atoms with Gasteiger partial charge >= 0.3 is 6.09 Å². The average Bonchev–Trinajstić information content (AvgIpc) is 3.21. The molecule has 4 rings (SSSR count). The second-order valence-electron chi connectivity index (χ2n) is 7.97. The number of likely N-dealkylation sites (tertiary alicyclic amines) is 2. The van der Waals surface area contributed by atoms with Gasteiger partial charge in [0.15, 0.2) is 0 Å². The molecule has 0 saturated carbocycles. The maximum absolute atomic E-state index is 12.5. The predicted octanol–water partition coefficient (Wildman–Crippen LogP) is 2.12. The van der Waals surface area contributed by atoms with Gasteiger partial charge in [0.1, 0.15) is 6.10 Å². The lowest BCUT2D eigenvalue weighted by Crippen LogP contribution is -2.44. The van der Waals surface area contributed by atoms with Crippen molar-refractivity contribution in [3.05, 3.63) is 42.0 Å². The van der Waals surface area contributed by atoms with Crippen LogP contribution in [0, 0.1) is 5.41 Å². The summed E-state index contributed by atoms with van der Waals surface area (Å²) < 4.78 is 5.23. The summed E-state index contributed by atoms with van der Waals surface area (Å²) >= 11 is 0. The molecule has 6 heteroatoms. The van der Waals surface area contributed by atoms with Crippen LogP contribution in [0.4, 0.5) is 4.79 Å². The minimum Gasteiger partial charge on any atom is -0.443 e. The molecule has 0 aromatic heterocycles. The third kappa shape index (κ3) is 4.33. The highest BCUT2D eigenvalue weighted by Gasteiger charge is 2.44. The molecule has 3 saturated heterocycles. The molecule has 27 heavy (non-hydrogen) atoms. The van der Waals surface area contributed by atoms with Crippen molar-refractivity contribution < 1.29 is 14.3 Å². The van der Waals surface area contributed by atoms with Gasteiger partial charge in [-0.2, -0.15) is 0 Å². The Balaban J connectivity index is 1.26. The third-order valence-electron chi connectivity index (χ3n) is 5.97. The summed E-state index contributed by atoms with van der Waals surface area (Å²) in [7, 11) is 0. The number of amides is 2. The molecule has 3 aliphatic heterocycles. The first kappa shape index (κ1) is 18.0. The SMILES string of the molecule is O=C1NC[C@H](CN2CCC3(CC2)CC(=O)N(C/C=C/c2ccccc2)C3)O1. The highest BCUT2D eigenvalue weighted by molar-refractivity contribution is 5.79. The van der Waals surface area contributed by atoms with Gasteiger partial charge in [-0.05, 0) is 36.9 Å². The van der Waals surface area contributed by atoms with Crippen LogP contribution in [0.2, 0.25) is 0 Å². The smallest absolute Gasteiger partial charge is 0.407 e. The minimum atomic E-state index is -0.311. The Morgan fingerprint density at radius 2 is 1.96 bits per heavy atom. The van der Waals surface area contributed by atoms with Crippen molar-refractivity contribution in [2.24, 2.45) is 5.41 Å². The number of nitrogens with zero attached hydrogens (tertiary/aromatic N) is 2. The van der Waals surface area contributed by atoms with Crippen LogP contribution in [0.15, 0.2) is 36.4 Å². The highest BCUT2D eigenvalue weighted by atomic mass is 16.6. The van der Waals surface area contributed by atoms with Crippen LogP contribution in [0.3, 0.4) is 0 Å². The Bertz CT molecular complexity index is 711. The number of cyclic esters (lactones) is 1. The summed E-state index contributed by atoms with van der Waals surface area (Å²) in [5.74, 6) is 0.273. The first-order chi connectivity index (χ1) is 13.1. The lowest BCUT2D eigenvalue weighted by Gasteiger charge is -2.39. The van der Waals surface area contributed by atoms with Gasteiger partial charge in [0.2, 0.25) is 5.91 Å². The zero-order valence-corrected chi connectivity index (χ0v) is 15.6. The number of ether oxygens (including phenoxy) is 1. The molecule has 2 amide bonds. The molecule has 3 heterocycles. The van der Waals surface area contributed by atoms with Gasteiger partial charge in [0.25, 0.3) is 0 Å². The number of piperidine rings is 1. The van der Waals surface area contributed by atoms with E-state index >= 15 is 0 Å². The van der Waals surface area contributed by atoms with Gasteiger partial charge in [0.05, 0.1) is 6.54 Å². The summed E-state index contributed by atoms with van der Waals surface area (Å²) in [6.07, 6.45) is 6.54.